The maximum atomic E-state index is 11.8. The largest absolute Gasteiger partial charge is 0.327 e. The van der Waals surface area contributed by atoms with Gasteiger partial charge in [-0.3, -0.25) is 4.79 Å². The van der Waals surface area contributed by atoms with Crippen LogP contribution in [0.4, 0.5) is 5.69 Å². The molecule has 0 aromatic heterocycles. The van der Waals surface area contributed by atoms with Gasteiger partial charge in [0.15, 0.2) is 0 Å². The lowest BCUT2D eigenvalue weighted by molar-refractivity contribution is -0.116. The molecule has 1 amide bonds. The van der Waals surface area contributed by atoms with E-state index in [1.807, 2.05) is 45.0 Å². The second kappa shape index (κ2) is 7.06. The summed E-state index contributed by atoms with van der Waals surface area (Å²) < 4.78 is 0. The highest BCUT2D eigenvalue weighted by atomic mass is 16.1. The maximum Gasteiger partial charge on any atom is 0.225 e. The molecule has 0 bridgehead atoms. The minimum atomic E-state index is -0.522. The van der Waals surface area contributed by atoms with E-state index in [4.69, 9.17) is 11.0 Å². The van der Waals surface area contributed by atoms with Crippen molar-refractivity contribution in [3.05, 3.63) is 29.8 Å². The minimum absolute atomic E-state index is 0.0711. The first-order valence-electron chi connectivity index (χ1n) is 6.96. The van der Waals surface area contributed by atoms with Crippen LogP contribution in [0.3, 0.4) is 0 Å². The summed E-state index contributed by atoms with van der Waals surface area (Å²) in [7, 11) is 0. The number of benzene rings is 1. The second-order valence-electron chi connectivity index (χ2n) is 5.62. The van der Waals surface area contributed by atoms with E-state index in [0.29, 0.717) is 6.42 Å². The van der Waals surface area contributed by atoms with Crippen LogP contribution in [-0.4, -0.2) is 11.9 Å². The summed E-state index contributed by atoms with van der Waals surface area (Å²) in [6, 6.07) is 9.53. The third-order valence-electron chi connectivity index (χ3n) is 3.28. The van der Waals surface area contributed by atoms with Crippen LogP contribution in [0.1, 0.15) is 45.6 Å². The molecule has 0 aliphatic rings. The summed E-state index contributed by atoms with van der Waals surface area (Å²) in [6.45, 7) is 5.78. The van der Waals surface area contributed by atoms with Crippen molar-refractivity contribution in [1.82, 2.24) is 0 Å². The number of amides is 1. The van der Waals surface area contributed by atoms with Gasteiger partial charge in [-0.2, -0.15) is 5.26 Å². The van der Waals surface area contributed by atoms with E-state index in [-0.39, 0.29) is 11.9 Å². The lowest BCUT2D eigenvalue weighted by Crippen LogP contribution is -2.26. The Hall–Kier alpha value is -1.86. The molecule has 3 N–H and O–H groups in total. The fourth-order valence-electron chi connectivity index (χ4n) is 1.96. The van der Waals surface area contributed by atoms with Gasteiger partial charge in [0.05, 0.1) is 11.5 Å². The minimum Gasteiger partial charge on any atom is -0.327 e. The van der Waals surface area contributed by atoms with Gasteiger partial charge in [0, 0.05) is 18.2 Å². The Balaban J connectivity index is 2.62. The Labute approximate surface area is 121 Å². The zero-order valence-electron chi connectivity index (χ0n) is 12.4. The van der Waals surface area contributed by atoms with Crippen LogP contribution in [-0.2, 0) is 10.2 Å². The van der Waals surface area contributed by atoms with Crippen molar-refractivity contribution in [2.45, 2.75) is 51.5 Å². The summed E-state index contributed by atoms with van der Waals surface area (Å²) in [4.78, 5) is 11.8. The number of rotatable bonds is 6. The Morgan fingerprint density at radius 2 is 2.00 bits per heavy atom. The van der Waals surface area contributed by atoms with E-state index in [2.05, 4.69) is 11.4 Å². The quantitative estimate of drug-likeness (QED) is 0.836. The predicted molar refractivity (Wildman–Crippen MR) is 81.2 cm³/mol. The van der Waals surface area contributed by atoms with E-state index < -0.39 is 5.41 Å². The topological polar surface area (TPSA) is 78.9 Å². The smallest absolute Gasteiger partial charge is 0.225 e. The molecular formula is C16H23N3O. The van der Waals surface area contributed by atoms with Gasteiger partial charge in [-0.05, 0) is 38.0 Å². The van der Waals surface area contributed by atoms with E-state index in [1.165, 1.54) is 0 Å². The molecule has 0 spiro atoms. The number of anilines is 1. The number of carbonyl (C=O) groups is 1. The van der Waals surface area contributed by atoms with Crippen LogP contribution in [0.5, 0.6) is 0 Å². The molecule has 0 aliphatic carbocycles. The molecule has 4 nitrogen and oxygen atoms in total. The third kappa shape index (κ3) is 4.67. The summed E-state index contributed by atoms with van der Waals surface area (Å²) in [6.07, 6.45) is 2.16. The summed E-state index contributed by atoms with van der Waals surface area (Å²) in [5, 5.41) is 11.9. The molecule has 0 aliphatic heterocycles. The molecular weight excluding hydrogens is 250 g/mol. The van der Waals surface area contributed by atoms with E-state index in [9.17, 15) is 4.79 Å². The highest BCUT2D eigenvalue weighted by Crippen LogP contribution is 2.23. The average molecular weight is 273 g/mol. The number of hydrogen-bond donors (Lipinski definition) is 2. The second-order valence-corrected chi connectivity index (χ2v) is 5.62. The highest BCUT2D eigenvalue weighted by molar-refractivity contribution is 5.91. The number of nitrogens with two attached hydrogens (primary N) is 1. The maximum absolute atomic E-state index is 11.8. The molecule has 0 radical (unpaired) electrons. The van der Waals surface area contributed by atoms with Crippen LogP contribution in [0.25, 0.3) is 0 Å². The summed E-state index contributed by atoms with van der Waals surface area (Å²) in [5.41, 5.74) is 6.98. The van der Waals surface area contributed by atoms with E-state index in [1.54, 1.807) is 0 Å². The lowest BCUT2D eigenvalue weighted by atomic mass is 9.86. The molecule has 1 atom stereocenters. The van der Waals surface area contributed by atoms with Crippen molar-refractivity contribution >= 4 is 11.6 Å². The molecule has 1 unspecified atom stereocenters. The first kappa shape index (κ1) is 16.2. The molecule has 0 heterocycles. The van der Waals surface area contributed by atoms with Gasteiger partial charge in [-0.25, -0.2) is 0 Å². The molecule has 1 aromatic carbocycles. The van der Waals surface area contributed by atoms with E-state index >= 15 is 0 Å². The van der Waals surface area contributed by atoms with Gasteiger partial charge in [0.1, 0.15) is 0 Å². The molecule has 0 saturated carbocycles. The number of nitrogens with one attached hydrogen (secondary N) is 1. The van der Waals surface area contributed by atoms with Crippen molar-refractivity contribution in [3.63, 3.8) is 0 Å². The van der Waals surface area contributed by atoms with Crippen LogP contribution in [0, 0.1) is 11.3 Å². The van der Waals surface area contributed by atoms with Gasteiger partial charge in [0.25, 0.3) is 0 Å². The predicted octanol–water partition coefficient (Wildman–Crippen LogP) is 2.94. The van der Waals surface area contributed by atoms with Crippen molar-refractivity contribution in [2.24, 2.45) is 5.73 Å². The third-order valence-corrected chi connectivity index (χ3v) is 3.28. The number of nitrogens with zero attached hydrogens (tertiary/aromatic N) is 1. The van der Waals surface area contributed by atoms with E-state index in [0.717, 1.165) is 24.1 Å². The molecule has 108 valence electrons. The van der Waals surface area contributed by atoms with Crippen LogP contribution >= 0.6 is 0 Å². The van der Waals surface area contributed by atoms with Gasteiger partial charge < -0.3 is 11.1 Å². The SMILES string of the molecule is CCCC(N)CC(=O)Nc1ccc(C(C)(C)C#N)cc1. The Morgan fingerprint density at radius 1 is 1.40 bits per heavy atom. The normalized spacial score (nSPS) is 12.6. The van der Waals surface area contributed by atoms with Crippen molar-refractivity contribution in [2.75, 3.05) is 5.32 Å². The molecule has 0 saturated heterocycles. The van der Waals surface area contributed by atoms with Gasteiger partial charge in [-0.1, -0.05) is 25.5 Å². The fraction of sp³-hybridized carbons (Fsp3) is 0.500. The zero-order valence-corrected chi connectivity index (χ0v) is 12.4. The first-order valence-corrected chi connectivity index (χ1v) is 6.96. The number of nitriles is 1. The molecule has 1 rings (SSSR count). The van der Waals surface area contributed by atoms with Crippen LogP contribution < -0.4 is 11.1 Å². The summed E-state index contributed by atoms with van der Waals surface area (Å²) >= 11 is 0. The molecule has 20 heavy (non-hydrogen) atoms. The van der Waals surface area contributed by atoms with Crippen LogP contribution in [0.2, 0.25) is 0 Å². The van der Waals surface area contributed by atoms with Crippen molar-refractivity contribution in [1.29, 1.82) is 5.26 Å². The lowest BCUT2D eigenvalue weighted by Gasteiger charge is -2.16. The average Bonchev–Trinajstić information content (AvgIpc) is 2.39. The highest BCUT2D eigenvalue weighted by Gasteiger charge is 2.19. The zero-order chi connectivity index (χ0) is 15.2. The summed E-state index contributed by atoms with van der Waals surface area (Å²) in [5.74, 6) is -0.0711. The molecule has 1 aromatic rings. The molecule has 4 heteroatoms. The standard InChI is InChI=1S/C16H23N3O/c1-4-5-13(18)10-15(20)19-14-8-6-12(7-9-14)16(2,3)11-17/h6-9,13H,4-5,10,18H2,1-3H3,(H,19,20). The number of carbonyl (C=O) groups excluding carboxylic acids is 1. The van der Waals surface area contributed by atoms with Crippen molar-refractivity contribution in [3.8, 4) is 6.07 Å². The Bertz CT molecular complexity index is 485. The molecule has 0 fully saturated rings. The van der Waals surface area contributed by atoms with Gasteiger partial charge in [0.2, 0.25) is 5.91 Å². The van der Waals surface area contributed by atoms with Gasteiger partial charge in [-0.15, -0.1) is 0 Å². The first-order chi connectivity index (χ1) is 9.39. The van der Waals surface area contributed by atoms with Crippen LogP contribution in [0.15, 0.2) is 24.3 Å². The fourth-order valence-corrected chi connectivity index (χ4v) is 1.96. The Kier molecular flexibility index (Phi) is 5.72. The van der Waals surface area contributed by atoms with Gasteiger partial charge >= 0.3 is 0 Å². The monoisotopic (exact) mass is 273 g/mol. The number of hydrogen-bond acceptors (Lipinski definition) is 3. The Morgan fingerprint density at radius 3 is 2.50 bits per heavy atom. The van der Waals surface area contributed by atoms with Crippen molar-refractivity contribution < 1.29 is 4.79 Å².